The van der Waals surface area contributed by atoms with E-state index < -0.39 is 0 Å². The molecule has 2 N–H and O–H groups in total. The molecule has 0 atom stereocenters. The Morgan fingerprint density at radius 1 is 0.926 bits per heavy atom. The van der Waals surface area contributed by atoms with Gasteiger partial charge in [-0.3, -0.25) is 4.79 Å². The van der Waals surface area contributed by atoms with E-state index in [2.05, 4.69) is 25.9 Å². The van der Waals surface area contributed by atoms with Crippen LogP contribution < -0.4 is 5.32 Å². The number of aromatic nitrogens is 4. The number of nitrogens with zero attached hydrogens (tertiary/aromatic N) is 3. The third-order valence-corrected chi connectivity index (χ3v) is 4.39. The molecular formula is C20H13N5O2. The molecule has 0 aliphatic heterocycles. The maximum atomic E-state index is 12.6. The monoisotopic (exact) mass is 355 g/mol. The Morgan fingerprint density at radius 3 is 2.56 bits per heavy atom. The first-order valence-electron chi connectivity index (χ1n) is 8.34. The van der Waals surface area contributed by atoms with Crippen LogP contribution in [0.15, 0.2) is 71.1 Å². The molecule has 0 spiro atoms. The van der Waals surface area contributed by atoms with E-state index in [1.54, 1.807) is 24.3 Å². The zero-order chi connectivity index (χ0) is 18.2. The van der Waals surface area contributed by atoms with Crippen LogP contribution in [0.2, 0.25) is 0 Å². The number of anilines is 1. The summed E-state index contributed by atoms with van der Waals surface area (Å²) in [7, 11) is 0. The molecule has 0 unspecified atom stereocenters. The zero-order valence-corrected chi connectivity index (χ0v) is 14.0. The van der Waals surface area contributed by atoms with Crippen molar-refractivity contribution < 1.29 is 9.21 Å². The van der Waals surface area contributed by atoms with Crippen molar-refractivity contribution in [1.82, 2.24) is 20.6 Å². The van der Waals surface area contributed by atoms with E-state index in [9.17, 15) is 4.79 Å². The number of nitrogens with one attached hydrogen (secondary N) is 2. The van der Waals surface area contributed by atoms with Crippen LogP contribution in [0.25, 0.3) is 33.3 Å². The first kappa shape index (κ1) is 15.3. The largest absolute Gasteiger partial charge is 0.456 e. The number of amides is 1. The lowest BCUT2D eigenvalue weighted by Gasteiger charge is -2.06. The van der Waals surface area contributed by atoms with Crippen LogP contribution in [0, 0.1) is 0 Å². The van der Waals surface area contributed by atoms with E-state index in [4.69, 9.17) is 4.42 Å². The molecule has 0 saturated carbocycles. The summed E-state index contributed by atoms with van der Waals surface area (Å²) < 4.78 is 5.85. The number of aromatic amines is 1. The second-order valence-electron chi connectivity index (χ2n) is 6.08. The smallest absolute Gasteiger partial charge is 0.255 e. The summed E-state index contributed by atoms with van der Waals surface area (Å²) in [5.74, 6) is 0.299. The number of carbonyl (C=O) groups is 1. The Hall–Kier alpha value is -4.00. The number of tetrazole rings is 1. The first-order valence-corrected chi connectivity index (χ1v) is 8.34. The molecule has 7 nitrogen and oxygen atoms in total. The Bertz CT molecular complexity index is 1260. The van der Waals surface area contributed by atoms with Crippen LogP contribution in [0.1, 0.15) is 10.4 Å². The van der Waals surface area contributed by atoms with Crippen molar-refractivity contribution in [3.8, 4) is 11.4 Å². The number of hydrogen-bond donors (Lipinski definition) is 2. The van der Waals surface area contributed by atoms with Gasteiger partial charge in [-0.2, -0.15) is 5.21 Å². The Balaban J connectivity index is 1.41. The van der Waals surface area contributed by atoms with Gasteiger partial charge in [-0.1, -0.05) is 18.2 Å². The SMILES string of the molecule is O=C(Nc1ccc(-c2nn[nH]n2)cc1)c1ccc2c(c1)oc1ccccc12. The van der Waals surface area contributed by atoms with Gasteiger partial charge in [0.05, 0.1) is 0 Å². The minimum Gasteiger partial charge on any atom is -0.456 e. The van der Waals surface area contributed by atoms with Crippen LogP contribution in [0.4, 0.5) is 5.69 Å². The highest BCUT2D eigenvalue weighted by molar-refractivity contribution is 6.10. The van der Waals surface area contributed by atoms with Gasteiger partial charge in [-0.15, -0.1) is 10.2 Å². The van der Waals surface area contributed by atoms with Crippen LogP contribution in [-0.2, 0) is 0 Å². The molecule has 5 aromatic rings. The first-order chi connectivity index (χ1) is 13.3. The van der Waals surface area contributed by atoms with Crippen LogP contribution >= 0.6 is 0 Å². The number of carbonyl (C=O) groups excluding carboxylic acids is 1. The summed E-state index contributed by atoms with van der Waals surface area (Å²) >= 11 is 0. The van der Waals surface area contributed by atoms with E-state index in [0.717, 1.165) is 21.9 Å². The molecule has 0 radical (unpaired) electrons. The van der Waals surface area contributed by atoms with Gasteiger partial charge in [0.15, 0.2) is 0 Å². The summed E-state index contributed by atoms with van der Waals surface area (Å²) in [6.07, 6.45) is 0. The zero-order valence-electron chi connectivity index (χ0n) is 14.0. The number of fused-ring (bicyclic) bond motifs is 3. The Morgan fingerprint density at radius 2 is 1.74 bits per heavy atom. The second kappa shape index (κ2) is 6.06. The second-order valence-corrected chi connectivity index (χ2v) is 6.08. The van der Waals surface area contributed by atoms with Gasteiger partial charge in [0.2, 0.25) is 5.82 Å². The molecule has 5 rings (SSSR count). The highest BCUT2D eigenvalue weighted by atomic mass is 16.3. The van der Waals surface area contributed by atoms with Gasteiger partial charge in [0, 0.05) is 27.6 Å². The van der Waals surface area contributed by atoms with Crippen molar-refractivity contribution in [3.63, 3.8) is 0 Å². The summed E-state index contributed by atoms with van der Waals surface area (Å²) in [6, 6.07) is 20.5. The van der Waals surface area contributed by atoms with Gasteiger partial charge in [-0.25, -0.2) is 0 Å². The number of rotatable bonds is 3. The van der Waals surface area contributed by atoms with Crippen molar-refractivity contribution in [1.29, 1.82) is 0 Å². The lowest BCUT2D eigenvalue weighted by Crippen LogP contribution is -2.11. The highest BCUT2D eigenvalue weighted by Gasteiger charge is 2.12. The van der Waals surface area contributed by atoms with Crippen molar-refractivity contribution >= 4 is 33.5 Å². The lowest BCUT2D eigenvalue weighted by atomic mass is 10.1. The molecule has 1 amide bonds. The third kappa shape index (κ3) is 2.71. The van der Waals surface area contributed by atoms with Gasteiger partial charge >= 0.3 is 0 Å². The fourth-order valence-electron chi connectivity index (χ4n) is 3.06. The number of para-hydroxylation sites is 1. The Kier molecular flexibility index (Phi) is 3.43. The highest BCUT2D eigenvalue weighted by Crippen LogP contribution is 2.29. The molecule has 0 aliphatic rings. The van der Waals surface area contributed by atoms with Gasteiger partial charge in [0.25, 0.3) is 5.91 Å². The Labute approximate surface area is 153 Å². The molecule has 130 valence electrons. The van der Waals surface area contributed by atoms with E-state index in [1.165, 1.54) is 0 Å². The summed E-state index contributed by atoms with van der Waals surface area (Å²) in [4.78, 5) is 12.6. The molecule has 0 bridgehead atoms. The fraction of sp³-hybridized carbons (Fsp3) is 0. The molecule has 27 heavy (non-hydrogen) atoms. The maximum absolute atomic E-state index is 12.6. The minimum atomic E-state index is -0.204. The van der Waals surface area contributed by atoms with E-state index in [0.29, 0.717) is 22.7 Å². The fourth-order valence-corrected chi connectivity index (χ4v) is 3.06. The molecule has 3 aromatic carbocycles. The lowest BCUT2D eigenvalue weighted by molar-refractivity contribution is 0.102. The number of furan rings is 1. The van der Waals surface area contributed by atoms with Crippen LogP contribution in [0.5, 0.6) is 0 Å². The van der Waals surface area contributed by atoms with E-state index >= 15 is 0 Å². The quantitative estimate of drug-likeness (QED) is 0.509. The molecule has 2 aromatic heterocycles. The number of H-pyrrole nitrogens is 1. The van der Waals surface area contributed by atoms with Gasteiger partial charge < -0.3 is 9.73 Å². The maximum Gasteiger partial charge on any atom is 0.255 e. The van der Waals surface area contributed by atoms with Crippen LogP contribution in [-0.4, -0.2) is 26.5 Å². The standard InChI is InChI=1S/C20H13N5O2/c26-20(21-14-8-5-12(6-9-14)19-22-24-25-23-19)13-7-10-16-15-3-1-2-4-17(15)27-18(16)11-13/h1-11H,(H,21,26)(H,22,23,24,25). The molecule has 0 aliphatic carbocycles. The normalized spacial score (nSPS) is 11.1. The van der Waals surface area contributed by atoms with E-state index in [-0.39, 0.29) is 5.91 Å². The van der Waals surface area contributed by atoms with E-state index in [1.807, 2.05) is 42.5 Å². The van der Waals surface area contributed by atoms with Gasteiger partial charge in [0.1, 0.15) is 11.2 Å². The molecule has 0 fully saturated rings. The third-order valence-electron chi connectivity index (χ3n) is 4.39. The average molecular weight is 355 g/mol. The summed E-state index contributed by atoms with van der Waals surface area (Å²) in [5.41, 5.74) is 3.52. The van der Waals surface area contributed by atoms with Gasteiger partial charge in [-0.05, 0) is 53.7 Å². The van der Waals surface area contributed by atoms with Crippen LogP contribution in [0.3, 0.4) is 0 Å². The summed E-state index contributed by atoms with van der Waals surface area (Å²) in [6.45, 7) is 0. The molecule has 0 saturated heterocycles. The predicted octanol–water partition coefficient (Wildman–Crippen LogP) is 4.02. The van der Waals surface area contributed by atoms with Crippen molar-refractivity contribution in [2.45, 2.75) is 0 Å². The average Bonchev–Trinajstić information content (AvgIpc) is 3.36. The number of hydrogen-bond acceptors (Lipinski definition) is 5. The summed E-state index contributed by atoms with van der Waals surface area (Å²) in [5, 5.41) is 18.7. The topological polar surface area (TPSA) is 96.7 Å². The predicted molar refractivity (Wildman–Crippen MR) is 101 cm³/mol. The van der Waals surface area contributed by atoms with Crippen molar-refractivity contribution in [2.24, 2.45) is 0 Å². The number of benzene rings is 3. The van der Waals surface area contributed by atoms with Crippen molar-refractivity contribution in [3.05, 3.63) is 72.3 Å². The molecule has 2 heterocycles. The van der Waals surface area contributed by atoms with Crippen molar-refractivity contribution in [2.75, 3.05) is 5.32 Å². The minimum absolute atomic E-state index is 0.204. The molecular weight excluding hydrogens is 342 g/mol. The molecule has 7 heteroatoms.